The van der Waals surface area contributed by atoms with Crippen molar-refractivity contribution in [2.24, 2.45) is 0 Å². The lowest BCUT2D eigenvalue weighted by Crippen LogP contribution is -2.44. The van der Waals surface area contributed by atoms with Crippen molar-refractivity contribution in [2.45, 2.75) is 31.9 Å². The molecule has 0 aromatic heterocycles. The van der Waals surface area contributed by atoms with Crippen LogP contribution in [0.5, 0.6) is 0 Å². The average Bonchev–Trinajstić information content (AvgIpc) is 2.46. The van der Waals surface area contributed by atoms with Crippen LogP contribution in [0.1, 0.15) is 31.4 Å². The molecule has 2 unspecified atom stereocenters. The molecule has 0 saturated heterocycles. The molecule has 7 heteroatoms. The van der Waals surface area contributed by atoms with Gasteiger partial charge in [0.25, 0.3) is 0 Å². The Hall–Kier alpha value is -1.79. The Kier molecular flexibility index (Phi) is 7.70. The lowest BCUT2D eigenvalue weighted by Gasteiger charge is -2.25. The van der Waals surface area contributed by atoms with Gasteiger partial charge in [-0.15, -0.1) is 0 Å². The zero-order valence-electron chi connectivity index (χ0n) is 12.6. The van der Waals surface area contributed by atoms with E-state index in [1.54, 1.807) is 13.2 Å². The van der Waals surface area contributed by atoms with Gasteiger partial charge in [0, 0.05) is 30.7 Å². The Balaban J connectivity index is 2.51. The van der Waals surface area contributed by atoms with Crippen LogP contribution in [-0.2, 0) is 9.53 Å². The van der Waals surface area contributed by atoms with Crippen molar-refractivity contribution in [1.82, 2.24) is 10.6 Å². The number of carboxylic acids is 1. The van der Waals surface area contributed by atoms with E-state index in [1.165, 1.54) is 0 Å². The van der Waals surface area contributed by atoms with E-state index in [2.05, 4.69) is 10.6 Å². The third kappa shape index (κ3) is 5.91. The van der Waals surface area contributed by atoms with Gasteiger partial charge >= 0.3 is 12.0 Å². The molecule has 1 aromatic rings. The number of carbonyl (C=O) groups excluding carboxylic acids is 1. The Morgan fingerprint density at radius 3 is 2.64 bits per heavy atom. The van der Waals surface area contributed by atoms with Crippen LogP contribution in [0.15, 0.2) is 24.3 Å². The molecule has 0 aliphatic heterocycles. The number of carboxylic acid groups (broad SMARTS) is 1. The van der Waals surface area contributed by atoms with E-state index >= 15 is 0 Å². The lowest BCUT2D eigenvalue weighted by atomic mass is 10.0. The van der Waals surface area contributed by atoms with Crippen molar-refractivity contribution >= 4 is 23.6 Å². The van der Waals surface area contributed by atoms with E-state index in [-0.39, 0.29) is 24.6 Å². The number of rotatable bonds is 8. The number of urea groups is 1. The van der Waals surface area contributed by atoms with Crippen LogP contribution in [-0.4, -0.2) is 36.8 Å². The Bertz CT molecular complexity index is 510. The zero-order chi connectivity index (χ0) is 16.5. The SMILES string of the molecule is COC(c1ccccc1Cl)C(C)NC(=O)NCCCC(=O)O. The molecule has 6 nitrogen and oxygen atoms in total. The third-order valence-electron chi connectivity index (χ3n) is 3.13. The molecule has 2 amide bonds. The molecule has 0 heterocycles. The van der Waals surface area contributed by atoms with Crippen LogP contribution >= 0.6 is 11.6 Å². The molecule has 0 fully saturated rings. The van der Waals surface area contributed by atoms with Crippen LogP contribution in [0.3, 0.4) is 0 Å². The summed E-state index contributed by atoms with van der Waals surface area (Å²) in [7, 11) is 1.55. The van der Waals surface area contributed by atoms with Crippen molar-refractivity contribution in [1.29, 1.82) is 0 Å². The third-order valence-corrected chi connectivity index (χ3v) is 3.48. The molecule has 0 aliphatic carbocycles. The smallest absolute Gasteiger partial charge is 0.315 e. The summed E-state index contributed by atoms with van der Waals surface area (Å²) in [6.45, 7) is 2.11. The minimum absolute atomic E-state index is 0.0240. The van der Waals surface area contributed by atoms with Gasteiger partial charge in [-0.05, 0) is 19.4 Å². The van der Waals surface area contributed by atoms with Crippen molar-refractivity contribution in [3.8, 4) is 0 Å². The maximum absolute atomic E-state index is 11.8. The zero-order valence-corrected chi connectivity index (χ0v) is 13.4. The molecule has 0 aliphatic rings. The average molecular weight is 329 g/mol. The van der Waals surface area contributed by atoms with Gasteiger partial charge in [0.15, 0.2) is 0 Å². The largest absolute Gasteiger partial charge is 0.481 e. The van der Waals surface area contributed by atoms with Gasteiger partial charge in [-0.3, -0.25) is 4.79 Å². The van der Waals surface area contributed by atoms with E-state index in [4.69, 9.17) is 21.4 Å². The highest BCUT2D eigenvalue weighted by Crippen LogP contribution is 2.27. The summed E-state index contributed by atoms with van der Waals surface area (Å²) in [5.74, 6) is -0.881. The molecule has 22 heavy (non-hydrogen) atoms. The minimum atomic E-state index is -0.881. The standard InChI is InChI=1S/C15H21ClN2O4/c1-10(18-15(21)17-9-5-8-13(19)20)14(22-2)11-6-3-4-7-12(11)16/h3-4,6-7,10,14H,5,8-9H2,1-2H3,(H,19,20)(H2,17,18,21). The molecule has 1 rings (SSSR count). The van der Waals surface area contributed by atoms with Crippen molar-refractivity contribution < 1.29 is 19.4 Å². The quantitative estimate of drug-likeness (QED) is 0.640. The molecule has 3 N–H and O–H groups in total. The summed E-state index contributed by atoms with van der Waals surface area (Å²) < 4.78 is 5.43. The van der Waals surface area contributed by atoms with Gasteiger partial charge in [0.05, 0.1) is 6.04 Å². The van der Waals surface area contributed by atoms with Crippen molar-refractivity contribution in [3.63, 3.8) is 0 Å². The molecular formula is C15H21ClN2O4. The number of amides is 2. The maximum atomic E-state index is 11.8. The Morgan fingerprint density at radius 2 is 2.05 bits per heavy atom. The summed E-state index contributed by atoms with van der Waals surface area (Å²) in [6, 6.07) is 6.62. The van der Waals surface area contributed by atoms with Crippen LogP contribution in [0, 0.1) is 0 Å². The van der Waals surface area contributed by atoms with Gasteiger partial charge in [0.1, 0.15) is 6.10 Å². The first-order chi connectivity index (χ1) is 10.5. The van der Waals surface area contributed by atoms with E-state index in [9.17, 15) is 9.59 Å². The van der Waals surface area contributed by atoms with Gasteiger partial charge in [0.2, 0.25) is 0 Å². The van der Waals surface area contributed by atoms with Gasteiger partial charge in [-0.25, -0.2) is 4.79 Å². The van der Waals surface area contributed by atoms with E-state index < -0.39 is 5.97 Å². The number of hydrogen-bond donors (Lipinski definition) is 3. The predicted molar refractivity (Wildman–Crippen MR) is 84.1 cm³/mol. The van der Waals surface area contributed by atoms with E-state index in [0.717, 1.165) is 5.56 Å². The number of halogens is 1. The topological polar surface area (TPSA) is 87.7 Å². The van der Waals surface area contributed by atoms with E-state index in [0.29, 0.717) is 18.0 Å². The first-order valence-corrected chi connectivity index (χ1v) is 7.37. The monoisotopic (exact) mass is 328 g/mol. The summed E-state index contributed by atoms with van der Waals surface area (Å²) in [4.78, 5) is 22.2. The highest BCUT2D eigenvalue weighted by atomic mass is 35.5. The van der Waals surface area contributed by atoms with Gasteiger partial charge in [-0.1, -0.05) is 29.8 Å². The first kappa shape index (κ1) is 18.3. The minimum Gasteiger partial charge on any atom is -0.481 e. The van der Waals surface area contributed by atoms with Crippen molar-refractivity contribution in [2.75, 3.05) is 13.7 Å². The number of hydrogen-bond acceptors (Lipinski definition) is 3. The Morgan fingerprint density at radius 1 is 1.36 bits per heavy atom. The molecule has 0 saturated carbocycles. The number of methoxy groups -OCH3 is 1. The van der Waals surface area contributed by atoms with Crippen LogP contribution in [0.2, 0.25) is 5.02 Å². The fourth-order valence-electron chi connectivity index (χ4n) is 2.08. The second-order valence-corrected chi connectivity index (χ2v) is 5.27. The molecule has 2 atom stereocenters. The maximum Gasteiger partial charge on any atom is 0.315 e. The summed E-state index contributed by atoms with van der Waals surface area (Å²) in [5, 5.41) is 14.5. The second kappa shape index (κ2) is 9.27. The number of ether oxygens (including phenoxy) is 1. The lowest BCUT2D eigenvalue weighted by molar-refractivity contribution is -0.137. The Labute approximate surface area is 134 Å². The number of nitrogens with one attached hydrogen (secondary N) is 2. The van der Waals surface area contributed by atoms with Crippen LogP contribution < -0.4 is 10.6 Å². The van der Waals surface area contributed by atoms with Crippen LogP contribution in [0.4, 0.5) is 4.79 Å². The second-order valence-electron chi connectivity index (χ2n) is 4.86. The summed E-state index contributed by atoms with van der Waals surface area (Å²) in [6.07, 6.45) is 0.0318. The van der Waals surface area contributed by atoms with E-state index in [1.807, 2.05) is 25.1 Å². The van der Waals surface area contributed by atoms with Gasteiger partial charge < -0.3 is 20.5 Å². The molecule has 0 radical (unpaired) electrons. The van der Waals surface area contributed by atoms with Gasteiger partial charge in [-0.2, -0.15) is 0 Å². The number of aliphatic carboxylic acids is 1. The summed E-state index contributed by atoms with van der Waals surface area (Å²) >= 11 is 6.15. The highest BCUT2D eigenvalue weighted by Gasteiger charge is 2.22. The fraction of sp³-hybridized carbons (Fsp3) is 0.467. The molecule has 0 bridgehead atoms. The molecule has 0 spiro atoms. The summed E-state index contributed by atoms with van der Waals surface area (Å²) in [5.41, 5.74) is 0.797. The first-order valence-electron chi connectivity index (χ1n) is 6.99. The molecule has 1 aromatic carbocycles. The fourth-order valence-corrected chi connectivity index (χ4v) is 2.32. The number of benzene rings is 1. The van der Waals surface area contributed by atoms with Crippen LogP contribution in [0.25, 0.3) is 0 Å². The molecule has 122 valence electrons. The predicted octanol–water partition coefficient (Wildman–Crippen LogP) is 2.58. The normalized spacial score (nSPS) is 13.2. The van der Waals surface area contributed by atoms with Crippen molar-refractivity contribution in [3.05, 3.63) is 34.9 Å². The highest BCUT2D eigenvalue weighted by molar-refractivity contribution is 6.31. The number of carbonyl (C=O) groups is 2. The molecular weight excluding hydrogens is 308 g/mol.